The molecule has 1 N–H and O–H groups in total. The van der Waals surface area contributed by atoms with Gasteiger partial charge in [-0.15, -0.1) is 0 Å². The zero-order valence-electron chi connectivity index (χ0n) is 11.0. The molecule has 4 heteroatoms. The number of rotatable bonds is 5. The fourth-order valence-electron chi connectivity index (χ4n) is 1.96. The van der Waals surface area contributed by atoms with Crippen LogP contribution in [0.1, 0.15) is 24.2 Å². The molecule has 0 aliphatic heterocycles. The van der Waals surface area contributed by atoms with Gasteiger partial charge in [-0.2, -0.15) is 0 Å². The summed E-state index contributed by atoms with van der Waals surface area (Å²) >= 11 is 3.41. The van der Waals surface area contributed by atoms with Crippen LogP contribution >= 0.6 is 15.9 Å². The van der Waals surface area contributed by atoms with Crippen LogP contribution in [0.25, 0.3) is 0 Å². The van der Waals surface area contributed by atoms with E-state index in [1.165, 1.54) is 0 Å². The van der Waals surface area contributed by atoms with Crippen molar-refractivity contribution in [3.63, 3.8) is 0 Å². The Balaban J connectivity index is 2.32. The lowest BCUT2D eigenvalue weighted by Crippen LogP contribution is -2.18. The van der Waals surface area contributed by atoms with Gasteiger partial charge < -0.3 is 9.84 Å². The lowest BCUT2D eigenvalue weighted by atomic mass is 10.1. The van der Waals surface area contributed by atoms with Gasteiger partial charge in [0, 0.05) is 10.0 Å². The number of hydrogen-bond donors (Lipinski definition) is 1. The Hall–Kier alpha value is -1.81. The van der Waals surface area contributed by atoms with Crippen molar-refractivity contribution in [2.75, 3.05) is 0 Å². The number of carboxylic acids is 1. The molecule has 1 unspecified atom stereocenters. The van der Waals surface area contributed by atoms with Gasteiger partial charge >= 0.3 is 5.97 Å². The zero-order chi connectivity index (χ0) is 14.5. The summed E-state index contributed by atoms with van der Waals surface area (Å²) in [6.45, 7) is 2.01. The quantitative estimate of drug-likeness (QED) is 0.890. The van der Waals surface area contributed by atoms with Crippen molar-refractivity contribution in [2.24, 2.45) is 0 Å². The highest BCUT2D eigenvalue weighted by Gasteiger charge is 2.22. The van der Waals surface area contributed by atoms with Gasteiger partial charge in [0.1, 0.15) is 5.75 Å². The lowest BCUT2D eigenvalue weighted by Gasteiger charge is -2.18. The smallest absolute Gasteiger partial charge is 0.349 e. The average Bonchev–Trinajstić information content (AvgIpc) is 2.46. The van der Waals surface area contributed by atoms with E-state index < -0.39 is 12.1 Å². The maximum atomic E-state index is 11.4. The highest BCUT2D eigenvalue weighted by molar-refractivity contribution is 9.10. The fraction of sp³-hybridized carbons (Fsp3) is 0.188. The first-order valence-corrected chi connectivity index (χ1v) is 7.14. The number of ether oxygens (including phenoxy) is 1. The maximum Gasteiger partial charge on any atom is 0.349 e. The summed E-state index contributed by atoms with van der Waals surface area (Å²) in [6, 6.07) is 14.5. The fourth-order valence-corrected chi connectivity index (χ4v) is 2.36. The third-order valence-electron chi connectivity index (χ3n) is 2.97. The molecule has 2 aromatic rings. The lowest BCUT2D eigenvalue weighted by molar-refractivity contribution is -0.145. The van der Waals surface area contributed by atoms with E-state index in [-0.39, 0.29) is 0 Å². The van der Waals surface area contributed by atoms with E-state index in [1.807, 2.05) is 25.1 Å². The van der Waals surface area contributed by atoms with Crippen LogP contribution in [0.3, 0.4) is 0 Å². The topological polar surface area (TPSA) is 46.5 Å². The first-order valence-electron chi connectivity index (χ1n) is 6.34. The van der Waals surface area contributed by atoms with Gasteiger partial charge in [-0.3, -0.25) is 0 Å². The second-order valence-electron chi connectivity index (χ2n) is 4.35. The predicted octanol–water partition coefficient (Wildman–Crippen LogP) is 4.22. The molecule has 2 rings (SSSR count). The Morgan fingerprint density at radius 2 is 1.95 bits per heavy atom. The molecule has 1 atom stereocenters. The van der Waals surface area contributed by atoms with Gasteiger partial charge in [-0.25, -0.2) is 4.79 Å². The van der Waals surface area contributed by atoms with Gasteiger partial charge in [-0.1, -0.05) is 53.2 Å². The SMILES string of the molecule is CCc1cc(Br)ccc1OC(C(=O)O)c1ccccc1. The van der Waals surface area contributed by atoms with Crippen molar-refractivity contribution in [1.82, 2.24) is 0 Å². The average molecular weight is 335 g/mol. The van der Waals surface area contributed by atoms with Crippen LogP contribution in [0.15, 0.2) is 53.0 Å². The van der Waals surface area contributed by atoms with Gasteiger partial charge in [0.15, 0.2) is 0 Å². The Bertz CT molecular complexity index is 596. The largest absolute Gasteiger partial charge is 0.478 e. The van der Waals surface area contributed by atoms with E-state index in [9.17, 15) is 9.90 Å². The first kappa shape index (κ1) is 14.6. The third kappa shape index (κ3) is 3.39. The van der Waals surface area contributed by atoms with E-state index >= 15 is 0 Å². The van der Waals surface area contributed by atoms with Gasteiger partial charge in [-0.05, 0) is 30.2 Å². The zero-order valence-corrected chi connectivity index (χ0v) is 12.6. The van der Waals surface area contributed by atoms with Crippen LogP contribution in [0.5, 0.6) is 5.75 Å². The van der Waals surface area contributed by atoms with Crippen LogP contribution in [0.4, 0.5) is 0 Å². The number of halogens is 1. The Morgan fingerprint density at radius 1 is 1.25 bits per heavy atom. The second-order valence-corrected chi connectivity index (χ2v) is 5.27. The number of hydrogen-bond acceptors (Lipinski definition) is 2. The summed E-state index contributed by atoms with van der Waals surface area (Å²) in [5.41, 5.74) is 1.60. The number of carboxylic acid groups (broad SMARTS) is 1. The molecule has 104 valence electrons. The minimum atomic E-state index is -0.999. The first-order chi connectivity index (χ1) is 9.61. The van der Waals surface area contributed by atoms with Crippen molar-refractivity contribution in [3.05, 3.63) is 64.1 Å². The molecule has 0 radical (unpaired) electrons. The predicted molar refractivity (Wildman–Crippen MR) is 81.0 cm³/mol. The van der Waals surface area contributed by atoms with Crippen molar-refractivity contribution in [3.8, 4) is 5.75 Å². The minimum absolute atomic E-state index is 0.604. The van der Waals surface area contributed by atoms with Crippen molar-refractivity contribution < 1.29 is 14.6 Å². The number of benzene rings is 2. The van der Waals surface area contributed by atoms with E-state index in [0.717, 1.165) is 16.5 Å². The maximum absolute atomic E-state index is 11.4. The molecule has 20 heavy (non-hydrogen) atoms. The van der Waals surface area contributed by atoms with Crippen molar-refractivity contribution in [2.45, 2.75) is 19.4 Å². The molecule has 0 heterocycles. The van der Waals surface area contributed by atoms with Crippen LogP contribution in [-0.4, -0.2) is 11.1 Å². The number of carbonyl (C=O) groups is 1. The molecular formula is C16H15BrO3. The number of aliphatic carboxylic acids is 1. The Morgan fingerprint density at radius 3 is 2.55 bits per heavy atom. The molecule has 3 nitrogen and oxygen atoms in total. The molecule has 0 saturated carbocycles. The molecule has 0 aliphatic carbocycles. The standard InChI is InChI=1S/C16H15BrO3/c1-2-11-10-13(17)8-9-14(11)20-15(16(18)19)12-6-4-3-5-7-12/h3-10,15H,2H2,1H3,(H,18,19). The molecule has 0 fully saturated rings. The summed E-state index contributed by atoms with van der Waals surface area (Å²) in [5.74, 6) is -0.395. The van der Waals surface area contributed by atoms with Crippen LogP contribution in [0, 0.1) is 0 Å². The molecule has 0 aromatic heterocycles. The summed E-state index contributed by atoms with van der Waals surface area (Å²) < 4.78 is 6.67. The highest BCUT2D eigenvalue weighted by Crippen LogP contribution is 2.28. The summed E-state index contributed by atoms with van der Waals surface area (Å²) in [4.78, 5) is 11.4. The van der Waals surface area contributed by atoms with E-state index in [1.54, 1.807) is 30.3 Å². The molecule has 0 saturated heterocycles. The molecule has 0 aliphatic rings. The highest BCUT2D eigenvalue weighted by atomic mass is 79.9. The molecular weight excluding hydrogens is 320 g/mol. The van der Waals surface area contributed by atoms with Crippen LogP contribution < -0.4 is 4.74 Å². The summed E-state index contributed by atoms with van der Waals surface area (Å²) in [7, 11) is 0. The van der Waals surface area contributed by atoms with Gasteiger partial charge in [0.25, 0.3) is 0 Å². The van der Waals surface area contributed by atoms with Crippen LogP contribution in [0.2, 0.25) is 0 Å². The van der Waals surface area contributed by atoms with E-state index in [4.69, 9.17) is 4.74 Å². The summed E-state index contributed by atoms with van der Waals surface area (Å²) in [6.07, 6.45) is -0.224. The third-order valence-corrected chi connectivity index (χ3v) is 3.47. The molecule has 2 aromatic carbocycles. The molecule has 0 amide bonds. The van der Waals surface area contributed by atoms with Gasteiger partial charge in [0.05, 0.1) is 0 Å². The van der Waals surface area contributed by atoms with Gasteiger partial charge in [0.2, 0.25) is 6.10 Å². The second kappa shape index (κ2) is 6.57. The van der Waals surface area contributed by atoms with E-state index in [2.05, 4.69) is 15.9 Å². The monoisotopic (exact) mass is 334 g/mol. The van der Waals surface area contributed by atoms with Crippen molar-refractivity contribution >= 4 is 21.9 Å². The normalized spacial score (nSPS) is 11.9. The van der Waals surface area contributed by atoms with Crippen molar-refractivity contribution in [1.29, 1.82) is 0 Å². The van der Waals surface area contributed by atoms with Crippen LogP contribution in [-0.2, 0) is 11.2 Å². The molecule has 0 spiro atoms. The Kier molecular flexibility index (Phi) is 4.79. The molecule has 0 bridgehead atoms. The number of aryl methyl sites for hydroxylation is 1. The minimum Gasteiger partial charge on any atom is -0.478 e. The Labute approximate surface area is 126 Å². The summed E-state index contributed by atoms with van der Waals surface area (Å²) in [5, 5.41) is 9.37. The van der Waals surface area contributed by atoms with E-state index in [0.29, 0.717) is 11.3 Å².